The summed E-state index contributed by atoms with van der Waals surface area (Å²) in [5, 5.41) is 0. The van der Waals surface area contributed by atoms with Crippen molar-refractivity contribution in [1.29, 1.82) is 0 Å². The number of nitrogens with zero attached hydrogens (tertiary/aromatic N) is 1. The molecule has 1 aliphatic carbocycles. The van der Waals surface area contributed by atoms with Gasteiger partial charge in [-0.25, -0.2) is 0 Å². The molecule has 104 valence electrons. The second kappa shape index (κ2) is 6.19. The van der Waals surface area contributed by atoms with Gasteiger partial charge in [-0.15, -0.1) is 0 Å². The second-order valence-electron chi connectivity index (χ2n) is 5.85. The van der Waals surface area contributed by atoms with Crippen molar-refractivity contribution in [1.82, 2.24) is 4.98 Å². The average Bonchev–Trinajstić information content (AvgIpc) is 2.48. The fourth-order valence-electron chi connectivity index (χ4n) is 3.37. The Morgan fingerprint density at radius 1 is 1.20 bits per heavy atom. The van der Waals surface area contributed by atoms with Crippen molar-refractivity contribution in [2.75, 3.05) is 0 Å². The molecule has 0 saturated carbocycles. The summed E-state index contributed by atoms with van der Waals surface area (Å²) in [5.74, 6) is 0.631. The van der Waals surface area contributed by atoms with Gasteiger partial charge in [0.05, 0.1) is 0 Å². The first-order valence-corrected chi connectivity index (χ1v) is 7.55. The van der Waals surface area contributed by atoms with Crippen molar-refractivity contribution in [2.24, 2.45) is 5.73 Å². The Morgan fingerprint density at radius 2 is 2.10 bits per heavy atom. The first kappa shape index (κ1) is 13.3. The number of aromatic nitrogens is 1. The Morgan fingerprint density at radius 3 is 2.95 bits per heavy atom. The van der Waals surface area contributed by atoms with E-state index in [1.54, 1.807) is 0 Å². The Bertz CT molecular complexity index is 550. The summed E-state index contributed by atoms with van der Waals surface area (Å²) in [7, 11) is 0. The quantitative estimate of drug-likeness (QED) is 0.920. The Hall–Kier alpha value is -1.67. The van der Waals surface area contributed by atoms with E-state index in [1.165, 1.54) is 36.0 Å². The highest BCUT2D eigenvalue weighted by atomic mass is 14.6. The van der Waals surface area contributed by atoms with E-state index in [9.17, 15) is 0 Å². The Kier molecular flexibility index (Phi) is 4.12. The van der Waals surface area contributed by atoms with E-state index in [0.29, 0.717) is 5.92 Å². The second-order valence-corrected chi connectivity index (χ2v) is 5.85. The van der Waals surface area contributed by atoms with Gasteiger partial charge in [-0.05, 0) is 60.8 Å². The zero-order valence-electron chi connectivity index (χ0n) is 11.8. The molecular weight excluding hydrogens is 244 g/mol. The monoisotopic (exact) mass is 266 g/mol. The molecule has 2 atom stereocenters. The third kappa shape index (κ3) is 3.07. The number of hydrogen-bond acceptors (Lipinski definition) is 2. The molecule has 0 saturated heterocycles. The number of fused-ring (bicyclic) bond motifs is 1. The molecule has 1 aromatic carbocycles. The number of rotatable bonds is 4. The van der Waals surface area contributed by atoms with Crippen LogP contribution in [0.2, 0.25) is 0 Å². The fraction of sp³-hybridized carbons (Fsp3) is 0.389. The highest BCUT2D eigenvalue weighted by Crippen LogP contribution is 2.34. The molecule has 0 fully saturated rings. The van der Waals surface area contributed by atoms with Crippen LogP contribution in [0.3, 0.4) is 0 Å². The molecule has 0 aliphatic heterocycles. The number of benzene rings is 1. The highest BCUT2D eigenvalue weighted by Gasteiger charge is 2.21. The predicted octanol–water partition coefficient (Wildman–Crippen LogP) is 3.46. The minimum Gasteiger partial charge on any atom is -0.327 e. The molecule has 1 aromatic heterocycles. The lowest BCUT2D eigenvalue weighted by molar-refractivity contribution is 0.466. The van der Waals surface area contributed by atoms with Gasteiger partial charge in [-0.1, -0.05) is 30.3 Å². The maximum absolute atomic E-state index is 6.37. The molecule has 20 heavy (non-hydrogen) atoms. The molecule has 2 aromatic rings. The molecule has 0 amide bonds. The summed E-state index contributed by atoms with van der Waals surface area (Å²) >= 11 is 0. The molecule has 0 spiro atoms. The molecular formula is C18H22N2. The molecule has 1 aliphatic rings. The summed E-state index contributed by atoms with van der Waals surface area (Å²) in [4.78, 5) is 4.16. The van der Waals surface area contributed by atoms with Gasteiger partial charge in [0.25, 0.3) is 0 Å². The fourth-order valence-corrected chi connectivity index (χ4v) is 3.37. The van der Waals surface area contributed by atoms with Gasteiger partial charge < -0.3 is 5.73 Å². The van der Waals surface area contributed by atoms with Crippen LogP contribution in [0.25, 0.3) is 0 Å². The van der Waals surface area contributed by atoms with Crippen LogP contribution in [-0.4, -0.2) is 11.0 Å². The van der Waals surface area contributed by atoms with Crippen LogP contribution < -0.4 is 5.73 Å². The summed E-state index contributed by atoms with van der Waals surface area (Å²) in [5.41, 5.74) is 10.7. The summed E-state index contributed by atoms with van der Waals surface area (Å²) in [6.45, 7) is 0. The van der Waals surface area contributed by atoms with Gasteiger partial charge in [0.2, 0.25) is 0 Å². The number of pyridine rings is 1. The van der Waals surface area contributed by atoms with E-state index in [0.717, 1.165) is 12.8 Å². The average molecular weight is 266 g/mol. The van der Waals surface area contributed by atoms with Gasteiger partial charge in [0.15, 0.2) is 0 Å². The molecule has 0 radical (unpaired) electrons. The van der Waals surface area contributed by atoms with Crippen molar-refractivity contribution in [2.45, 2.75) is 44.1 Å². The highest BCUT2D eigenvalue weighted by molar-refractivity contribution is 5.32. The zero-order chi connectivity index (χ0) is 13.8. The van der Waals surface area contributed by atoms with Gasteiger partial charge in [0, 0.05) is 18.4 Å². The van der Waals surface area contributed by atoms with Crippen LogP contribution in [-0.2, 0) is 12.8 Å². The third-order valence-corrected chi connectivity index (χ3v) is 4.30. The van der Waals surface area contributed by atoms with E-state index in [1.807, 2.05) is 18.5 Å². The molecule has 0 bridgehead atoms. The molecule has 3 rings (SSSR count). The molecule has 2 unspecified atom stereocenters. The molecule has 2 nitrogen and oxygen atoms in total. The van der Waals surface area contributed by atoms with E-state index < -0.39 is 0 Å². The first-order chi connectivity index (χ1) is 9.83. The number of nitrogens with two attached hydrogens (primary N) is 1. The van der Waals surface area contributed by atoms with Gasteiger partial charge in [-0.3, -0.25) is 4.98 Å². The lowest BCUT2D eigenvalue weighted by Gasteiger charge is -2.27. The third-order valence-electron chi connectivity index (χ3n) is 4.30. The molecule has 1 heterocycles. The van der Waals surface area contributed by atoms with E-state index >= 15 is 0 Å². The maximum atomic E-state index is 6.37. The van der Waals surface area contributed by atoms with Crippen LogP contribution in [0.15, 0.2) is 48.8 Å². The predicted molar refractivity (Wildman–Crippen MR) is 82.7 cm³/mol. The van der Waals surface area contributed by atoms with Crippen LogP contribution in [0.1, 0.15) is 41.9 Å². The standard InChI is InChI=1S/C18H22N2/c19-17(11-14-5-4-10-20-13-14)12-16-8-3-7-15-6-1-2-9-18(15)16/h1-2,4-6,9-10,13,16-17H,3,7-8,11-12,19H2. The van der Waals surface area contributed by atoms with Gasteiger partial charge in [-0.2, -0.15) is 0 Å². The number of hydrogen-bond donors (Lipinski definition) is 1. The molecule has 2 N–H and O–H groups in total. The van der Waals surface area contributed by atoms with Crippen molar-refractivity contribution in [3.63, 3.8) is 0 Å². The van der Waals surface area contributed by atoms with Crippen molar-refractivity contribution in [3.8, 4) is 0 Å². The minimum absolute atomic E-state index is 0.218. The zero-order valence-corrected chi connectivity index (χ0v) is 11.8. The summed E-state index contributed by atoms with van der Waals surface area (Å²) in [6.07, 6.45) is 9.53. The van der Waals surface area contributed by atoms with E-state index in [4.69, 9.17) is 5.73 Å². The lowest BCUT2D eigenvalue weighted by Crippen LogP contribution is -2.27. The van der Waals surface area contributed by atoms with Crippen LogP contribution in [0.5, 0.6) is 0 Å². The summed E-state index contributed by atoms with van der Waals surface area (Å²) in [6, 6.07) is 13.2. The largest absolute Gasteiger partial charge is 0.327 e. The first-order valence-electron chi connectivity index (χ1n) is 7.55. The van der Waals surface area contributed by atoms with Crippen LogP contribution in [0, 0.1) is 0 Å². The SMILES string of the molecule is NC(Cc1cccnc1)CC1CCCc2ccccc21. The van der Waals surface area contributed by atoms with Crippen molar-refractivity contribution >= 4 is 0 Å². The maximum Gasteiger partial charge on any atom is 0.0300 e. The number of aryl methyl sites for hydroxylation is 1. The van der Waals surface area contributed by atoms with E-state index in [2.05, 4.69) is 35.3 Å². The summed E-state index contributed by atoms with van der Waals surface area (Å²) < 4.78 is 0. The Labute approximate surface area is 121 Å². The van der Waals surface area contributed by atoms with Crippen LogP contribution >= 0.6 is 0 Å². The van der Waals surface area contributed by atoms with Crippen molar-refractivity contribution < 1.29 is 0 Å². The van der Waals surface area contributed by atoms with E-state index in [-0.39, 0.29) is 6.04 Å². The topological polar surface area (TPSA) is 38.9 Å². The van der Waals surface area contributed by atoms with Gasteiger partial charge >= 0.3 is 0 Å². The smallest absolute Gasteiger partial charge is 0.0300 e. The van der Waals surface area contributed by atoms with Crippen LogP contribution in [0.4, 0.5) is 0 Å². The van der Waals surface area contributed by atoms with Crippen molar-refractivity contribution in [3.05, 3.63) is 65.5 Å². The normalized spacial score (nSPS) is 19.4. The Balaban J connectivity index is 1.66. The van der Waals surface area contributed by atoms with Gasteiger partial charge in [0.1, 0.15) is 0 Å². The molecule has 2 heteroatoms. The minimum atomic E-state index is 0.218. The lowest BCUT2D eigenvalue weighted by atomic mass is 9.79.